The van der Waals surface area contributed by atoms with Gasteiger partial charge in [-0.05, 0) is 25.2 Å². The van der Waals surface area contributed by atoms with Gasteiger partial charge in [-0.15, -0.1) is 0 Å². The minimum absolute atomic E-state index is 0.0321. The highest BCUT2D eigenvalue weighted by Gasteiger charge is 2.15. The number of aromatic nitrogens is 2. The molecule has 1 aromatic carbocycles. The lowest BCUT2D eigenvalue weighted by Crippen LogP contribution is -2.19. The van der Waals surface area contributed by atoms with Crippen LogP contribution in [0.3, 0.4) is 0 Å². The van der Waals surface area contributed by atoms with Crippen molar-refractivity contribution in [3.8, 4) is 0 Å². The lowest BCUT2D eigenvalue weighted by atomic mass is 10.1. The zero-order valence-electron chi connectivity index (χ0n) is 9.12. The van der Waals surface area contributed by atoms with Gasteiger partial charge in [0.05, 0.1) is 12.1 Å². The van der Waals surface area contributed by atoms with E-state index in [0.29, 0.717) is 10.7 Å². The fourth-order valence-corrected chi connectivity index (χ4v) is 1.86. The maximum atomic E-state index is 11.8. The molecule has 0 atom stereocenters. The van der Waals surface area contributed by atoms with Crippen molar-refractivity contribution in [1.29, 1.82) is 0 Å². The van der Waals surface area contributed by atoms with E-state index < -0.39 is 0 Å². The first-order valence-corrected chi connectivity index (χ1v) is 5.31. The van der Waals surface area contributed by atoms with Crippen LogP contribution in [-0.4, -0.2) is 29.2 Å². The number of carbonyl (C=O) groups excluding carboxylic acids is 1. The Morgan fingerprint density at radius 1 is 1.56 bits per heavy atom. The monoisotopic (exact) mass is 237 g/mol. The third kappa shape index (κ3) is 1.81. The van der Waals surface area contributed by atoms with E-state index >= 15 is 0 Å². The van der Waals surface area contributed by atoms with E-state index in [0.717, 1.165) is 10.9 Å². The van der Waals surface area contributed by atoms with Crippen molar-refractivity contribution in [3.05, 3.63) is 28.9 Å². The quantitative estimate of drug-likeness (QED) is 0.826. The van der Waals surface area contributed by atoms with Gasteiger partial charge in [-0.3, -0.25) is 9.48 Å². The molecule has 1 N–H and O–H groups in total. The van der Waals surface area contributed by atoms with Crippen molar-refractivity contribution in [2.75, 3.05) is 13.6 Å². The maximum absolute atomic E-state index is 11.8. The van der Waals surface area contributed by atoms with Gasteiger partial charge in [0.25, 0.3) is 0 Å². The molecule has 0 saturated heterocycles. The first-order valence-electron chi connectivity index (χ1n) is 4.93. The summed E-state index contributed by atoms with van der Waals surface area (Å²) in [6, 6.07) is 5.42. The number of Topliss-reactive ketones (excluding diaryl/α,β-unsaturated/α-hetero) is 1. The van der Waals surface area contributed by atoms with Crippen LogP contribution in [0.2, 0.25) is 5.02 Å². The van der Waals surface area contributed by atoms with Crippen LogP contribution in [0.15, 0.2) is 18.2 Å². The summed E-state index contributed by atoms with van der Waals surface area (Å²) < 4.78 is 1.69. The normalized spacial score (nSPS) is 10.9. The number of hydrogen-bond donors (Lipinski definition) is 1. The molecule has 0 spiro atoms. The van der Waals surface area contributed by atoms with Crippen LogP contribution in [0.25, 0.3) is 10.9 Å². The molecule has 5 heteroatoms. The molecular weight excluding hydrogens is 226 g/mol. The summed E-state index contributed by atoms with van der Waals surface area (Å²) in [6.07, 6.45) is 0. The number of aryl methyl sites for hydroxylation is 1. The van der Waals surface area contributed by atoms with E-state index in [-0.39, 0.29) is 12.3 Å². The summed E-state index contributed by atoms with van der Waals surface area (Å²) >= 11 is 5.92. The number of halogens is 1. The standard InChI is InChI=1S/C11H12ClN3O/c1-13-6-10(16)11-8-5-7(12)3-4-9(8)15(2)14-11/h3-5,13H,6H2,1-2H3. The number of likely N-dealkylation sites (N-methyl/N-ethyl adjacent to an activating group) is 1. The van der Waals surface area contributed by atoms with E-state index in [9.17, 15) is 4.79 Å². The van der Waals surface area contributed by atoms with Crippen molar-refractivity contribution in [2.45, 2.75) is 0 Å². The highest BCUT2D eigenvalue weighted by molar-refractivity contribution is 6.31. The number of nitrogens with one attached hydrogen (secondary N) is 1. The van der Waals surface area contributed by atoms with Gasteiger partial charge in [-0.2, -0.15) is 5.10 Å². The fourth-order valence-electron chi connectivity index (χ4n) is 1.69. The molecule has 0 unspecified atom stereocenters. The molecule has 0 aliphatic heterocycles. The summed E-state index contributed by atoms with van der Waals surface area (Å²) in [4.78, 5) is 11.8. The molecular formula is C11H12ClN3O. The van der Waals surface area contributed by atoms with Gasteiger partial charge in [0, 0.05) is 17.5 Å². The predicted molar refractivity (Wildman–Crippen MR) is 64.0 cm³/mol. The van der Waals surface area contributed by atoms with E-state index in [1.807, 2.05) is 13.1 Å². The van der Waals surface area contributed by atoms with Crippen LogP contribution < -0.4 is 5.32 Å². The van der Waals surface area contributed by atoms with Gasteiger partial charge in [0.2, 0.25) is 0 Å². The van der Waals surface area contributed by atoms with Crippen molar-refractivity contribution in [2.24, 2.45) is 7.05 Å². The minimum atomic E-state index is -0.0321. The van der Waals surface area contributed by atoms with Gasteiger partial charge in [-0.1, -0.05) is 11.6 Å². The third-order valence-electron chi connectivity index (χ3n) is 2.41. The number of carbonyl (C=O) groups is 1. The Balaban J connectivity index is 2.61. The highest BCUT2D eigenvalue weighted by Crippen LogP contribution is 2.22. The summed E-state index contributed by atoms with van der Waals surface area (Å²) in [5.41, 5.74) is 1.37. The molecule has 0 bridgehead atoms. The van der Waals surface area contributed by atoms with Gasteiger partial charge in [0.1, 0.15) is 5.69 Å². The summed E-state index contributed by atoms with van der Waals surface area (Å²) in [5, 5.41) is 8.45. The van der Waals surface area contributed by atoms with Crippen LogP contribution in [0.5, 0.6) is 0 Å². The number of benzene rings is 1. The summed E-state index contributed by atoms with van der Waals surface area (Å²) in [5.74, 6) is -0.0321. The smallest absolute Gasteiger partial charge is 0.197 e. The molecule has 2 aromatic rings. The molecule has 0 aliphatic rings. The molecule has 0 saturated carbocycles. The van der Waals surface area contributed by atoms with E-state index in [2.05, 4.69) is 10.4 Å². The molecule has 16 heavy (non-hydrogen) atoms. The van der Waals surface area contributed by atoms with Crippen LogP contribution in [0, 0.1) is 0 Å². The third-order valence-corrected chi connectivity index (χ3v) is 2.65. The molecule has 1 heterocycles. The first kappa shape index (κ1) is 11.1. The van der Waals surface area contributed by atoms with Crippen LogP contribution >= 0.6 is 11.6 Å². The molecule has 4 nitrogen and oxygen atoms in total. The second-order valence-corrected chi connectivity index (χ2v) is 4.02. The molecule has 1 aromatic heterocycles. The molecule has 0 amide bonds. The fraction of sp³-hybridized carbons (Fsp3) is 0.273. The summed E-state index contributed by atoms with van der Waals surface area (Å²) in [6.45, 7) is 0.276. The lowest BCUT2D eigenvalue weighted by Gasteiger charge is -1.96. The minimum Gasteiger partial charge on any atom is -0.313 e. The molecule has 0 fully saturated rings. The Hall–Kier alpha value is -1.39. The average Bonchev–Trinajstić information content (AvgIpc) is 2.56. The van der Waals surface area contributed by atoms with Crippen LogP contribution in [-0.2, 0) is 7.05 Å². The second kappa shape index (κ2) is 4.23. The Kier molecular flexibility index (Phi) is 2.94. The van der Waals surface area contributed by atoms with E-state index in [4.69, 9.17) is 11.6 Å². The number of rotatable bonds is 3. The molecule has 0 aliphatic carbocycles. The summed E-state index contributed by atoms with van der Waals surface area (Å²) in [7, 11) is 3.54. The average molecular weight is 238 g/mol. The van der Waals surface area contributed by atoms with Gasteiger partial charge in [0.15, 0.2) is 5.78 Å². The van der Waals surface area contributed by atoms with E-state index in [1.165, 1.54) is 0 Å². The number of fused-ring (bicyclic) bond motifs is 1. The zero-order valence-corrected chi connectivity index (χ0v) is 9.88. The Morgan fingerprint density at radius 3 is 3.00 bits per heavy atom. The second-order valence-electron chi connectivity index (χ2n) is 3.59. The SMILES string of the molecule is CNCC(=O)c1nn(C)c2ccc(Cl)cc12. The van der Waals surface area contributed by atoms with Crippen molar-refractivity contribution >= 4 is 28.3 Å². The van der Waals surface area contributed by atoms with E-state index in [1.54, 1.807) is 23.9 Å². The first-order chi connectivity index (χ1) is 7.63. The zero-order chi connectivity index (χ0) is 11.7. The highest BCUT2D eigenvalue weighted by atomic mass is 35.5. The van der Waals surface area contributed by atoms with Crippen molar-refractivity contribution in [3.63, 3.8) is 0 Å². The topological polar surface area (TPSA) is 46.9 Å². The van der Waals surface area contributed by atoms with Gasteiger partial charge < -0.3 is 5.32 Å². The van der Waals surface area contributed by atoms with Gasteiger partial charge in [-0.25, -0.2) is 0 Å². The molecule has 84 valence electrons. The van der Waals surface area contributed by atoms with Crippen LogP contribution in [0.4, 0.5) is 0 Å². The Labute approximate surface area is 98.2 Å². The largest absolute Gasteiger partial charge is 0.313 e. The lowest BCUT2D eigenvalue weighted by molar-refractivity contribution is 0.0989. The Morgan fingerprint density at radius 2 is 2.31 bits per heavy atom. The Bertz CT molecular complexity index is 547. The maximum Gasteiger partial charge on any atom is 0.197 e. The predicted octanol–water partition coefficient (Wildman–Crippen LogP) is 1.63. The number of hydrogen-bond acceptors (Lipinski definition) is 3. The molecule has 0 radical (unpaired) electrons. The van der Waals surface area contributed by atoms with Crippen molar-refractivity contribution < 1.29 is 4.79 Å². The number of nitrogens with zero attached hydrogens (tertiary/aromatic N) is 2. The number of ketones is 1. The van der Waals surface area contributed by atoms with Crippen molar-refractivity contribution in [1.82, 2.24) is 15.1 Å². The van der Waals surface area contributed by atoms with Crippen LogP contribution in [0.1, 0.15) is 10.5 Å². The molecule has 2 rings (SSSR count). The van der Waals surface area contributed by atoms with Gasteiger partial charge >= 0.3 is 0 Å².